The molecule has 0 saturated carbocycles. The third-order valence-electron chi connectivity index (χ3n) is 0.810. The summed E-state index contributed by atoms with van der Waals surface area (Å²) >= 11 is 5.32. The number of hydrogen-bond donors (Lipinski definition) is 1. The molecule has 1 atom stereocenters. The summed E-state index contributed by atoms with van der Waals surface area (Å²) in [4.78, 5) is 9.96. The zero-order valence-corrected chi connectivity index (χ0v) is 5.48. The van der Waals surface area contributed by atoms with Crippen LogP contribution in [0.25, 0.3) is 0 Å². The molecule has 8 heavy (non-hydrogen) atoms. The molecule has 0 saturated heterocycles. The number of halogens is 1. The summed E-state index contributed by atoms with van der Waals surface area (Å²) in [5.74, 6) is -0.923. The van der Waals surface area contributed by atoms with E-state index in [2.05, 4.69) is 0 Å². The van der Waals surface area contributed by atoms with Crippen LogP contribution in [0.1, 0.15) is 19.8 Å². The average Bonchev–Trinajstić information content (AvgIpc) is 1.67. The van der Waals surface area contributed by atoms with Crippen molar-refractivity contribution in [3.05, 3.63) is 0 Å². The van der Waals surface area contributed by atoms with Gasteiger partial charge in [-0.15, -0.1) is 11.6 Å². The van der Waals surface area contributed by atoms with Crippen molar-refractivity contribution >= 4 is 17.6 Å². The summed E-state index contributed by atoms with van der Waals surface area (Å²) < 4.78 is 0. The van der Waals surface area contributed by atoms with Gasteiger partial charge in [0.2, 0.25) is 0 Å². The summed E-state index contributed by atoms with van der Waals surface area (Å²) in [6.07, 6.45) is 1.37. The normalized spacial score (nSPS) is 13.2. The fraction of sp³-hybridized carbons (Fsp3) is 0.800. The van der Waals surface area contributed by atoms with Gasteiger partial charge in [-0.05, 0) is 6.42 Å². The van der Waals surface area contributed by atoms with Gasteiger partial charge in [-0.1, -0.05) is 13.3 Å². The van der Waals surface area contributed by atoms with Gasteiger partial charge < -0.3 is 5.11 Å². The number of carboxylic acids is 1. The van der Waals surface area contributed by atoms with Crippen molar-refractivity contribution in [2.75, 3.05) is 0 Å². The lowest BCUT2D eigenvalue weighted by Crippen LogP contribution is -2.11. The van der Waals surface area contributed by atoms with Gasteiger partial charge in [-0.25, -0.2) is 0 Å². The minimum atomic E-state index is -0.923. The molecule has 0 aliphatic carbocycles. The van der Waals surface area contributed by atoms with Crippen molar-refractivity contribution < 1.29 is 9.90 Å². The van der Waals surface area contributed by atoms with E-state index < -0.39 is 11.3 Å². The Kier molecular flexibility index (Phi) is 3.61. The van der Waals surface area contributed by atoms with Crippen molar-refractivity contribution in [3.63, 3.8) is 0 Å². The number of hydrogen-bond acceptors (Lipinski definition) is 1. The van der Waals surface area contributed by atoms with Gasteiger partial charge in [0.05, 0.1) is 0 Å². The molecule has 0 aromatic carbocycles. The van der Waals surface area contributed by atoms with Crippen LogP contribution in [0, 0.1) is 0 Å². The Balaban J connectivity index is 3.32. The molecule has 0 amide bonds. The topological polar surface area (TPSA) is 37.3 Å². The van der Waals surface area contributed by atoms with Gasteiger partial charge in [0.1, 0.15) is 5.38 Å². The molecule has 0 aliphatic rings. The highest BCUT2D eigenvalue weighted by Gasteiger charge is 2.10. The van der Waals surface area contributed by atoms with E-state index in [9.17, 15) is 4.79 Å². The Morgan fingerprint density at radius 3 is 2.50 bits per heavy atom. The van der Waals surface area contributed by atoms with Gasteiger partial charge in [0.25, 0.3) is 0 Å². The average molecular weight is 137 g/mol. The van der Waals surface area contributed by atoms with E-state index in [0.29, 0.717) is 6.42 Å². The van der Waals surface area contributed by atoms with Gasteiger partial charge in [0, 0.05) is 0 Å². The molecule has 0 heterocycles. The zero-order chi connectivity index (χ0) is 6.57. The molecule has 3 heteroatoms. The van der Waals surface area contributed by atoms with Crippen molar-refractivity contribution in [3.8, 4) is 0 Å². The van der Waals surface area contributed by atoms with E-state index in [1.54, 1.807) is 0 Å². The third kappa shape index (κ3) is 2.86. The standard InChI is InChI=1S/C5H9ClO2/c1-2-3-4(6)5(7)8/h4H,2-3H2,1H3,(H,7,8)/t4-/m0/s1. The van der Waals surface area contributed by atoms with E-state index in [-0.39, 0.29) is 0 Å². The van der Waals surface area contributed by atoms with Gasteiger partial charge in [0.15, 0.2) is 0 Å². The highest BCUT2D eigenvalue weighted by molar-refractivity contribution is 6.29. The first-order valence-corrected chi connectivity index (χ1v) is 2.99. The Labute approximate surface area is 53.5 Å². The molecule has 0 unspecified atom stereocenters. The maximum Gasteiger partial charge on any atom is 0.321 e. The predicted molar refractivity (Wildman–Crippen MR) is 32.2 cm³/mol. The van der Waals surface area contributed by atoms with E-state index in [4.69, 9.17) is 16.7 Å². The largest absolute Gasteiger partial charge is 0.480 e. The van der Waals surface area contributed by atoms with Gasteiger partial charge in [-0.2, -0.15) is 0 Å². The molecular formula is C5H9ClO2. The van der Waals surface area contributed by atoms with E-state index >= 15 is 0 Å². The Morgan fingerprint density at radius 2 is 2.38 bits per heavy atom. The molecule has 0 radical (unpaired) electrons. The second-order valence-corrected chi connectivity index (χ2v) is 2.12. The predicted octanol–water partition coefficient (Wildman–Crippen LogP) is 1.48. The first-order valence-electron chi connectivity index (χ1n) is 2.55. The van der Waals surface area contributed by atoms with E-state index in [1.165, 1.54) is 0 Å². The molecule has 0 spiro atoms. The molecule has 0 fully saturated rings. The molecule has 48 valence electrons. The van der Waals surface area contributed by atoms with Crippen LogP contribution in [-0.2, 0) is 4.79 Å². The maximum atomic E-state index is 9.96. The van der Waals surface area contributed by atoms with Crippen LogP contribution in [-0.4, -0.2) is 16.5 Å². The molecule has 0 aromatic heterocycles. The zero-order valence-electron chi connectivity index (χ0n) is 4.72. The number of carboxylic acid groups (broad SMARTS) is 1. The lowest BCUT2D eigenvalue weighted by Gasteiger charge is -1.97. The smallest absolute Gasteiger partial charge is 0.321 e. The first kappa shape index (κ1) is 7.76. The van der Waals surface area contributed by atoms with Crippen LogP contribution >= 0.6 is 11.6 Å². The molecule has 0 bridgehead atoms. The molecular weight excluding hydrogens is 128 g/mol. The Bertz CT molecular complexity index is 82.5. The quantitative estimate of drug-likeness (QED) is 0.597. The highest BCUT2D eigenvalue weighted by atomic mass is 35.5. The number of carbonyl (C=O) groups is 1. The van der Waals surface area contributed by atoms with Gasteiger partial charge in [-0.3, -0.25) is 4.79 Å². The minimum absolute atomic E-state index is 0.552. The first-order chi connectivity index (χ1) is 3.68. The van der Waals surface area contributed by atoms with Crippen LogP contribution in [0.4, 0.5) is 0 Å². The summed E-state index contributed by atoms with van der Waals surface area (Å²) in [6.45, 7) is 1.90. The number of rotatable bonds is 3. The lowest BCUT2D eigenvalue weighted by atomic mass is 10.2. The van der Waals surface area contributed by atoms with Crippen LogP contribution < -0.4 is 0 Å². The number of aliphatic carboxylic acids is 1. The second-order valence-electron chi connectivity index (χ2n) is 1.59. The van der Waals surface area contributed by atoms with Crippen LogP contribution in [0.15, 0.2) is 0 Å². The van der Waals surface area contributed by atoms with Crippen LogP contribution in [0.5, 0.6) is 0 Å². The van der Waals surface area contributed by atoms with Crippen molar-refractivity contribution in [1.82, 2.24) is 0 Å². The summed E-state index contributed by atoms with van der Waals surface area (Å²) in [5, 5.41) is 7.49. The Hall–Kier alpha value is -0.240. The fourth-order valence-corrected chi connectivity index (χ4v) is 0.595. The summed E-state index contributed by atoms with van der Waals surface area (Å²) in [5.41, 5.74) is 0. The lowest BCUT2D eigenvalue weighted by molar-refractivity contribution is -0.136. The van der Waals surface area contributed by atoms with E-state index in [1.807, 2.05) is 6.92 Å². The van der Waals surface area contributed by atoms with Crippen molar-refractivity contribution in [2.24, 2.45) is 0 Å². The van der Waals surface area contributed by atoms with E-state index in [0.717, 1.165) is 6.42 Å². The third-order valence-corrected chi connectivity index (χ3v) is 1.21. The van der Waals surface area contributed by atoms with Crippen LogP contribution in [0.3, 0.4) is 0 Å². The second kappa shape index (κ2) is 3.72. The number of alkyl halides is 1. The Morgan fingerprint density at radius 1 is 1.88 bits per heavy atom. The van der Waals surface area contributed by atoms with Crippen molar-refractivity contribution in [2.45, 2.75) is 25.1 Å². The maximum absolute atomic E-state index is 9.96. The minimum Gasteiger partial charge on any atom is -0.480 e. The molecule has 0 aromatic rings. The molecule has 0 rings (SSSR count). The highest BCUT2D eigenvalue weighted by Crippen LogP contribution is 2.03. The van der Waals surface area contributed by atoms with Crippen molar-refractivity contribution in [1.29, 1.82) is 0 Å². The fourth-order valence-electron chi connectivity index (χ4n) is 0.377. The SMILES string of the molecule is CCC[C@H](Cl)C(=O)O. The van der Waals surface area contributed by atoms with Crippen LogP contribution in [0.2, 0.25) is 0 Å². The van der Waals surface area contributed by atoms with Gasteiger partial charge >= 0.3 is 5.97 Å². The summed E-state index contributed by atoms with van der Waals surface area (Å²) in [6, 6.07) is 0. The molecule has 0 aliphatic heterocycles. The summed E-state index contributed by atoms with van der Waals surface area (Å²) in [7, 11) is 0. The molecule has 1 N–H and O–H groups in total. The monoisotopic (exact) mass is 136 g/mol. The molecule has 2 nitrogen and oxygen atoms in total.